The average Bonchev–Trinajstić information content (AvgIpc) is 3.25. The van der Waals surface area contributed by atoms with Crippen molar-refractivity contribution in [3.63, 3.8) is 0 Å². The van der Waals surface area contributed by atoms with Crippen molar-refractivity contribution < 1.29 is 4.79 Å². The highest BCUT2D eigenvalue weighted by atomic mass is 32.1. The molecule has 0 N–H and O–H groups in total. The first kappa shape index (κ1) is 20.9. The summed E-state index contributed by atoms with van der Waals surface area (Å²) in [7, 11) is 0. The SMILES string of the molecule is C#Cc1cc(CCCCCC)c(-c2sc(C=O)cc2CCCCCC)s1. The number of carbonyl (C=O) groups excluding carboxylic acids is 1. The van der Waals surface area contributed by atoms with Crippen molar-refractivity contribution in [1.82, 2.24) is 0 Å². The normalized spacial score (nSPS) is 10.8. The summed E-state index contributed by atoms with van der Waals surface area (Å²) in [5, 5.41) is 0. The Kier molecular flexibility index (Phi) is 9.15. The van der Waals surface area contributed by atoms with E-state index in [-0.39, 0.29) is 0 Å². The number of carbonyl (C=O) groups is 1. The molecule has 0 fully saturated rings. The number of thiophene rings is 2. The molecule has 0 amide bonds. The molecular formula is C23H30OS2. The molecule has 1 nitrogen and oxygen atoms in total. The average molecular weight is 387 g/mol. The van der Waals surface area contributed by atoms with Crippen LogP contribution in [0.2, 0.25) is 0 Å². The Morgan fingerprint density at radius 3 is 2.00 bits per heavy atom. The summed E-state index contributed by atoms with van der Waals surface area (Å²) in [6.07, 6.45) is 18.8. The van der Waals surface area contributed by atoms with Crippen molar-refractivity contribution in [2.24, 2.45) is 0 Å². The maximum Gasteiger partial charge on any atom is 0.160 e. The fourth-order valence-corrected chi connectivity index (χ4v) is 5.50. The van der Waals surface area contributed by atoms with Crippen molar-refractivity contribution in [2.45, 2.75) is 78.1 Å². The predicted molar refractivity (Wildman–Crippen MR) is 117 cm³/mol. The molecule has 2 rings (SSSR count). The van der Waals surface area contributed by atoms with Crippen LogP contribution < -0.4 is 0 Å². The minimum atomic E-state index is 0.832. The zero-order valence-electron chi connectivity index (χ0n) is 16.1. The smallest absolute Gasteiger partial charge is 0.160 e. The van der Waals surface area contributed by atoms with Gasteiger partial charge in [0, 0.05) is 9.75 Å². The van der Waals surface area contributed by atoms with Crippen LogP contribution in [0, 0.1) is 12.3 Å². The second-order valence-electron chi connectivity index (χ2n) is 6.85. The van der Waals surface area contributed by atoms with Crippen molar-refractivity contribution in [3.8, 4) is 22.1 Å². The van der Waals surface area contributed by atoms with E-state index in [1.807, 2.05) is 0 Å². The molecule has 0 saturated heterocycles. The van der Waals surface area contributed by atoms with Crippen LogP contribution in [0.15, 0.2) is 12.1 Å². The van der Waals surface area contributed by atoms with E-state index >= 15 is 0 Å². The van der Waals surface area contributed by atoms with Crippen molar-refractivity contribution in [1.29, 1.82) is 0 Å². The van der Waals surface area contributed by atoms with E-state index in [2.05, 4.69) is 31.9 Å². The minimum absolute atomic E-state index is 0.832. The first-order valence-electron chi connectivity index (χ1n) is 9.91. The molecule has 0 atom stereocenters. The van der Waals surface area contributed by atoms with Gasteiger partial charge in [0.25, 0.3) is 0 Å². The number of aryl methyl sites for hydroxylation is 2. The van der Waals surface area contributed by atoms with Crippen LogP contribution in [0.25, 0.3) is 9.75 Å². The molecule has 0 aliphatic heterocycles. The Hall–Kier alpha value is -1.37. The van der Waals surface area contributed by atoms with Gasteiger partial charge < -0.3 is 0 Å². The zero-order chi connectivity index (χ0) is 18.8. The summed E-state index contributed by atoms with van der Waals surface area (Å²) in [6.45, 7) is 4.47. The summed E-state index contributed by atoms with van der Waals surface area (Å²) < 4.78 is 0. The number of aldehydes is 1. The maximum atomic E-state index is 11.4. The van der Waals surface area contributed by atoms with Crippen LogP contribution in [0.1, 0.15) is 90.9 Å². The number of hydrogen-bond acceptors (Lipinski definition) is 3. The summed E-state index contributed by atoms with van der Waals surface area (Å²) in [5.74, 6) is 2.81. The van der Waals surface area contributed by atoms with Crippen LogP contribution in [-0.4, -0.2) is 6.29 Å². The van der Waals surface area contributed by atoms with Gasteiger partial charge in [0.2, 0.25) is 0 Å². The van der Waals surface area contributed by atoms with Crippen LogP contribution in [0.4, 0.5) is 0 Å². The number of unbranched alkanes of at least 4 members (excludes halogenated alkanes) is 6. The summed E-state index contributed by atoms with van der Waals surface area (Å²) in [6, 6.07) is 4.28. The van der Waals surface area contributed by atoms with E-state index in [4.69, 9.17) is 6.42 Å². The molecular weight excluding hydrogens is 356 g/mol. The second kappa shape index (κ2) is 11.4. The van der Waals surface area contributed by atoms with Gasteiger partial charge in [-0.05, 0) is 48.9 Å². The molecule has 0 spiro atoms. The van der Waals surface area contributed by atoms with Gasteiger partial charge in [-0.15, -0.1) is 29.1 Å². The molecule has 0 bridgehead atoms. The standard InChI is InChI=1S/C23H30OS2/c1-4-7-9-11-13-18-15-20(6-3)25-22(18)23-19(14-12-10-8-5-2)16-21(17-24)26-23/h3,15-17H,4-5,7-14H2,1-2H3. The van der Waals surface area contributed by atoms with Gasteiger partial charge in [-0.25, -0.2) is 0 Å². The van der Waals surface area contributed by atoms with Gasteiger partial charge in [-0.2, -0.15) is 0 Å². The molecule has 0 aliphatic rings. The van der Waals surface area contributed by atoms with Crippen molar-refractivity contribution in [3.05, 3.63) is 33.0 Å². The van der Waals surface area contributed by atoms with Crippen LogP contribution in [-0.2, 0) is 12.8 Å². The largest absolute Gasteiger partial charge is 0.297 e. The van der Waals surface area contributed by atoms with Gasteiger partial charge in [0.1, 0.15) is 0 Å². The van der Waals surface area contributed by atoms with Gasteiger partial charge >= 0.3 is 0 Å². The highest BCUT2D eigenvalue weighted by Crippen LogP contribution is 2.41. The Bertz CT molecular complexity index is 730. The first-order valence-corrected chi connectivity index (χ1v) is 11.5. The van der Waals surface area contributed by atoms with Gasteiger partial charge in [0.15, 0.2) is 6.29 Å². The van der Waals surface area contributed by atoms with E-state index in [0.717, 1.165) is 28.9 Å². The van der Waals surface area contributed by atoms with Crippen molar-refractivity contribution >= 4 is 29.0 Å². The molecule has 26 heavy (non-hydrogen) atoms. The number of rotatable bonds is 12. The lowest BCUT2D eigenvalue weighted by molar-refractivity contribution is 0.112. The van der Waals surface area contributed by atoms with E-state index < -0.39 is 0 Å². The third kappa shape index (κ3) is 5.83. The van der Waals surface area contributed by atoms with Gasteiger partial charge in [-0.1, -0.05) is 58.3 Å². The Morgan fingerprint density at radius 2 is 1.46 bits per heavy atom. The quantitative estimate of drug-likeness (QED) is 0.209. The summed E-state index contributed by atoms with van der Waals surface area (Å²) in [5.41, 5.74) is 2.70. The van der Waals surface area contributed by atoms with Gasteiger partial charge in [0.05, 0.1) is 9.75 Å². The molecule has 0 radical (unpaired) electrons. The minimum Gasteiger partial charge on any atom is -0.297 e. The van der Waals surface area contributed by atoms with E-state index in [1.54, 1.807) is 22.7 Å². The molecule has 0 unspecified atom stereocenters. The number of terminal acetylenes is 1. The van der Waals surface area contributed by atoms with E-state index in [1.165, 1.54) is 72.2 Å². The Labute approximate surface area is 166 Å². The summed E-state index contributed by atoms with van der Waals surface area (Å²) in [4.78, 5) is 15.8. The lowest BCUT2D eigenvalue weighted by Crippen LogP contribution is -1.89. The lowest BCUT2D eigenvalue weighted by Gasteiger charge is -2.06. The zero-order valence-corrected chi connectivity index (χ0v) is 17.7. The third-order valence-corrected chi connectivity index (χ3v) is 7.08. The molecule has 3 heteroatoms. The molecule has 2 heterocycles. The molecule has 0 aliphatic carbocycles. The van der Waals surface area contributed by atoms with Crippen LogP contribution in [0.3, 0.4) is 0 Å². The molecule has 140 valence electrons. The topological polar surface area (TPSA) is 17.1 Å². The maximum absolute atomic E-state index is 11.4. The van der Waals surface area contributed by atoms with Gasteiger partial charge in [-0.3, -0.25) is 4.79 Å². The monoisotopic (exact) mass is 386 g/mol. The first-order chi connectivity index (χ1) is 12.7. The lowest BCUT2D eigenvalue weighted by atomic mass is 10.0. The molecule has 2 aromatic rings. The predicted octanol–water partition coefficient (Wildman–Crippen LogP) is 7.52. The highest BCUT2D eigenvalue weighted by molar-refractivity contribution is 7.23. The fraction of sp³-hybridized carbons (Fsp3) is 0.522. The Balaban J connectivity index is 2.24. The fourth-order valence-electron chi connectivity index (χ4n) is 3.25. The summed E-state index contributed by atoms with van der Waals surface area (Å²) >= 11 is 3.35. The van der Waals surface area contributed by atoms with E-state index in [0.29, 0.717) is 0 Å². The molecule has 0 saturated carbocycles. The van der Waals surface area contributed by atoms with Crippen molar-refractivity contribution in [2.75, 3.05) is 0 Å². The molecule has 2 aromatic heterocycles. The van der Waals surface area contributed by atoms with E-state index in [9.17, 15) is 4.79 Å². The Morgan fingerprint density at radius 1 is 0.885 bits per heavy atom. The highest BCUT2D eigenvalue weighted by Gasteiger charge is 2.17. The number of hydrogen-bond donors (Lipinski definition) is 0. The third-order valence-electron chi connectivity index (χ3n) is 4.70. The van der Waals surface area contributed by atoms with Crippen LogP contribution in [0.5, 0.6) is 0 Å². The second-order valence-corrected chi connectivity index (χ2v) is 8.99. The van der Waals surface area contributed by atoms with Crippen LogP contribution >= 0.6 is 22.7 Å². The molecule has 0 aromatic carbocycles.